The molecule has 5 nitrogen and oxygen atoms in total. The zero-order valence-electron chi connectivity index (χ0n) is 11.9. The van der Waals surface area contributed by atoms with Gasteiger partial charge in [0, 0.05) is 36.3 Å². The third kappa shape index (κ3) is 2.98. The summed E-state index contributed by atoms with van der Waals surface area (Å²) >= 11 is 5.28. The van der Waals surface area contributed by atoms with E-state index in [0.29, 0.717) is 18.1 Å². The Balaban J connectivity index is 1.99. The Morgan fingerprint density at radius 2 is 1.91 bits per heavy atom. The molecule has 0 aliphatic carbocycles. The maximum absolute atomic E-state index is 8.81. The van der Waals surface area contributed by atoms with Gasteiger partial charge in [-0.05, 0) is 36.8 Å². The monoisotopic (exact) mass is 312 g/mol. The molecule has 112 valence electrons. The quantitative estimate of drug-likeness (QED) is 0.390. The van der Waals surface area contributed by atoms with Crippen LogP contribution in [-0.2, 0) is 0 Å². The first-order valence-electron chi connectivity index (χ1n) is 7.08. The highest BCUT2D eigenvalue weighted by molar-refractivity contribution is 7.80. The van der Waals surface area contributed by atoms with Crippen LogP contribution >= 0.6 is 12.2 Å². The molecule has 3 N–H and O–H groups in total. The summed E-state index contributed by atoms with van der Waals surface area (Å²) in [6.45, 7) is 0.763. The Kier molecular flexibility index (Phi) is 4.41. The third-order valence-electron chi connectivity index (χ3n) is 3.34. The summed E-state index contributed by atoms with van der Waals surface area (Å²) in [5.74, 6) is 0. The molecule has 0 amide bonds. The molecular formula is C16H16N4OS. The van der Waals surface area contributed by atoms with Gasteiger partial charge in [-0.1, -0.05) is 12.1 Å². The van der Waals surface area contributed by atoms with Crippen molar-refractivity contribution in [1.29, 1.82) is 0 Å². The zero-order chi connectivity index (χ0) is 15.4. The van der Waals surface area contributed by atoms with Gasteiger partial charge < -0.3 is 15.7 Å². The van der Waals surface area contributed by atoms with E-state index < -0.39 is 0 Å². The van der Waals surface area contributed by atoms with Gasteiger partial charge in [0.2, 0.25) is 0 Å². The lowest BCUT2D eigenvalue weighted by Crippen LogP contribution is -2.29. The van der Waals surface area contributed by atoms with Crippen molar-refractivity contribution in [3.63, 3.8) is 0 Å². The molecule has 2 heterocycles. The topological polar surface area (TPSA) is 70.1 Å². The molecule has 6 heteroatoms. The Morgan fingerprint density at radius 3 is 2.73 bits per heavy atom. The summed E-state index contributed by atoms with van der Waals surface area (Å²) in [4.78, 5) is 8.87. The number of fused-ring (bicyclic) bond motifs is 3. The first-order valence-corrected chi connectivity index (χ1v) is 7.48. The summed E-state index contributed by atoms with van der Waals surface area (Å²) in [5, 5.41) is 17.6. The average molecular weight is 312 g/mol. The highest BCUT2D eigenvalue weighted by Gasteiger charge is 2.09. The van der Waals surface area contributed by atoms with Gasteiger partial charge in [-0.2, -0.15) is 0 Å². The van der Waals surface area contributed by atoms with E-state index in [-0.39, 0.29) is 6.61 Å². The van der Waals surface area contributed by atoms with Crippen LogP contribution in [0.5, 0.6) is 0 Å². The smallest absolute Gasteiger partial charge is 0.170 e. The van der Waals surface area contributed by atoms with Gasteiger partial charge in [0.25, 0.3) is 0 Å². The maximum Gasteiger partial charge on any atom is 0.170 e. The fourth-order valence-corrected chi connectivity index (χ4v) is 2.56. The number of anilines is 1. The van der Waals surface area contributed by atoms with Crippen LogP contribution in [0.3, 0.4) is 0 Å². The van der Waals surface area contributed by atoms with E-state index in [1.807, 2.05) is 30.3 Å². The van der Waals surface area contributed by atoms with Crippen LogP contribution < -0.4 is 10.6 Å². The van der Waals surface area contributed by atoms with E-state index in [2.05, 4.69) is 20.6 Å². The molecule has 3 rings (SSSR count). The number of pyridine rings is 2. The van der Waals surface area contributed by atoms with Crippen molar-refractivity contribution in [1.82, 2.24) is 15.3 Å². The van der Waals surface area contributed by atoms with Crippen LogP contribution in [-0.4, -0.2) is 33.3 Å². The summed E-state index contributed by atoms with van der Waals surface area (Å²) in [7, 11) is 0. The van der Waals surface area contributed by atoms with Crippen molar-refractivity contribution in [2.45, 2.75) is 6.42 Å². The van der Waals surface area contributed by atoms with Gasteiger partial charge in [0.05, 0.1) is 16.7 Å². The van der Waals surface area contributed by atoms with Crippen molar-refractivity contribution in [3.8, 4) is 0 Å². The van der Waals surface area contributed by atoms with Gasteiger partial charge in [-0.25, -0.2) is 0 Å². The Hall–Kier alpha value is -2.31. The molecule has 0 fully saturated rings. The molecular weight excluding hydrogens is 296 g/mol. The number of aliphatic hydroxyl groups excluding tert-OH is 1. The van der Waals surface area contributed by atoms with Crippen LogP contribution in [0, 0.1) is 0 Å². The van der Waals surface area contributed by atoms with E-state index >= 15 is 0 Å². The van der Waals surface area contributed by atoms with Crippen molar-refractivity contribution in [3.05, 3.63) is 42.7 Å². The second-order valence-electron chi connectivity index (χ2n) is 4.85. The number of nitrogens with zero attached hydrogens (tertiary/aromatic N) is 2. The lowest BCUT2D eigenvalue weighted by molar-refractivity contribution is 0.289. The minimum atomic E-state index is 0.139. The number of thiocarbonyl (C=S) groups is 1. The van der Waals surface area contributed by atoms with Gasteiger partial charge in [-0.3, -0.25) is 9.97 Å². The van der Waals surface area contributed by atoms with E-state index in [4.69, 9.17) is 17.3 Å². The molecule has 0 saturated heterocycles. The van der Waals surface area contributed by atoms with Crippen molar-refractivity contribution >= 4 is 44.8 Å². The molecule has 0 saturated carbocycles. The molecule has 0 aliphatic rings. The Bertz CT molecular complexity index is 821. The van der Waals surface area contributed by atoms with Crippen LogP contribution in [0.25, 0.3) is 21.8 Å². The highest BCUT2D eigenvalue weighted by Crippen LogP contribution is 2.29. The number of aliphatic hydroxyl groups is 1. The molecule has 0 radical (unpaired) electrons. The lowest BCUT2D eigenvalue weighted by atomic mass is 10.1. The summed E-state index contributed by atoms with van der Waals surface area (Å²) in [5.41, 5.74) is 2.57. The summed E-state index contributed by atoms with van der Waals surface area (Å²) in [6, 6.07) is 9.84. The summed E-state index contributed by atoms with van der Waals surface area (Å²) < 4.78 is 0. The van der Waals surface area contributed by atoms with E-state index in [1.165, 1.54) is 0 Å². The SMILES string of the molecule is OCCCNC(=S)Nc1cc2ncccc2c2cccnc12. The minimum Gasteiger partial charge on any atom is -0.396 e. The molecule has 0 spiro atoms. The number of rotatable bonds is 4. The fourth-order valence-electron chi connectivity index (χ4n) is 2.35. The maximum atomic E-state index is 8.81. The fraction of sp³-hybridized carbons (Fsp3) is 0.188. The number of hydrogen-bond donors (Lipinski definition) is 3. The van der Waals surface area contributed by atoms with Crippen LogP contribution in [0.1, 0.15) is 6.42 Å². The second kappa shape index (κ2) is 6.64. The normalized spacial score (nSPS) is 10.8. The Morgan fingerprint density at radius 1 is 1.14 bits per heavy atom. The van der Waals surface area contributed by atoms with E-state index in [1.54, 1.807) is 12.4 Å². The second-order valence-corrected chi connectivity index (χ2v) is 5.26. The van der Waals surface area contributed by atoms with Crippen molar-refractivity contribution < 1.29 is 5.11 Å². The van der Waals surface area contributed by atoms with Crippen LogP contribution in [0.4, 0.5) is 5.69 Å². The molecule has 0 aliphatic heterocycles. The predicted molar refractivity (Wildman–Crippen MR) is 93.0 cm³/mol. The minimum absolute atomic E-state index is 0.139. The predicted octanol–water partition coefficient (Wildman–Crippen LogP) is 2.45. The van der Waals surface area contributed by atoms with Crippen LogP contribution in [0.15, 0.2) is 42.7 Å². The van der Waals surface area contributed by atoms with Gasteiger partial charge in [0.1, 0.15) is 0 Å². The molecule has 0 atom stereocenters. The molecule has 3 aromatic rings. The number of aromatic nitrogens is 2. The molecule has 1 aromatic carbocycles. The van der Waals surface area contributed by atoms with Crippen molar-refractivity contribution in [2.75, 3.05) is 18.5 Å². The number of hydrogen-bond acceptors (Lipinski definition) is 4. The van der Waals surface area contributed by atoms with Gasteiger partial charge >= 0.3 is 0 Å². The number of benzene rings is 1. The van der Waals surface area contributed by atoms with Crippen molar-refractivity contribution in [2.24, 2.45) is 0 Å². The molecule has 0 unspecified atom stereocenters. The molecule has 2 aromatic heterocycles. The van der Waals surface area contributed by atoms with E-state index in [0.717, 1.165) is 27.5 Å². The first-order chi connectivity index (χ1) is 10.8. The zero-order valence-corrected chi connectivity index (χ0v) is 12.7. The molecule has 0 bridgehead atoms. The third-order valence-corrected chi connectivity index (χ3v) is 3.59. The average Bonchev–Trinajstić information content (AvgIpc) is 2.55. The van der Waals surface area contributed by atoms with Gasteiger partial charge in [-0.15, -0.1) is 0 Å². The standard InChI is InChI=1S/C16H16N4OS/c21-9-3-8-19-16(22)20-14-10-13-11(4-1-6-17-13)12-5-2-7-18-15(12)14/h1-2,4-7,10,21H,3,8-9H2,(H2,19,20,22). The van der Waals surface area contributed by atoms with E-state index in [9.17, 15) is 0 Å². The van der Waals surface area contributed by atoms with Gasteiger partial charge in [0.15, 0.2) is 5.11 Å². The number of nitrogens with one attached hydrogen (secondary N) is 2. The first kappa shape index (κ1) is 14.6. The van der Waals surface area contributed by atoms with Crippen LogP contribution in [0.2, 0.25) is 0 Å². The lowest BCUT2D eigenvalue weighted by Gasteiger charge is -2.13. The summed E-state index contributed by atoms with van der Waals surface area (Å²) in [6.07, 6.45) is 4.18. The highest BCUT2D eigenvalue weighted by atomic mass is 32.1. The largest absolute Gasteiger partial charge is 0.396 e. The Labute approximate surface area is 133 Å². The molecule has 22 heavy (non-hydrogen) atoms.